The third-order valence-electron chi connectivity index (χ3n) is 3.41. The molecule has 1 aliphatic rings. The van der Waals surface area contributed by atoms with Crippen LogP contribution in [-0.4, -0.2) is 37.3 Å². The maximum Gasteiger partial charge on any atom is 0.401 e. The van der Waals surface area contributed by atoms with Gasteiger partial charge in [-0.1, -0.05) is 0 Å². The van der Waals surface area contributed by atoms with Crippen molar-refractivity contribution < 1.29 is 17.9 Å². The summed E-state index contributed by atoms with van der Waals surface area (Å²) in [6.07, 6.45) is -2.56. The molecule has 0 N–H and O–H groups in total. The minimum absolute atomic E-state index is 0. The van der Waals surface area contributed by atoms with Gasteiger partial charge in [0.1, 0.15) is 5.75 Å². The van der Waals surface area contributed by atoms with E-state index >= 15 is 0 Å². The van der Waals surface area contributed by atoms with Crippen molar-refractivity contribution >= 4 is 35.0 Å². The third kappa shape index (κ3) is 7.06. The number of likely N-dealkylation sites (tertiary alicyclic amines) is 1. The monoisotopic (exact) mass is 435 g/mol. The molecular weight excluding hydrogens is 418 g/mol. The van der Waals surface area contributed by atoms with Crippen LogP contribution in [0, 0.1) is 9.49 Å². The van der Waals surface area contributed by atoms with Gasteiger partial charge in [0.2, 0.25) is 0 Å². The Morgan fingerprint density at radius 2 is 1.71 bits per heavy atom. The van der Waals surface area contributed by atoms with E-state index < -0.39 is 12.7 Å². The Morgan fingerprint density at radius 1 is 1.14 bits per heavy atom. The topological polar surface area (TPSA) is 12.5 Å². The maximum atomic E-state index is 12.3. The first kappa shape index (κ1) is 18.8. The predicted octanol–water partition coefficient (Wildman–Crippen LogP) is 4.37. The largest absolute Gasteiger partial charge is 0.493 e. The van der Waals surface area contributed by atoms with Crippen molar-refractivity contribution in [3.05, 3.63) is 27.8 Å². The second kappa shape index (κ2) is 8.43. The number of rotatable bonds is 4. The van der Waals surface area contributed by atoms with Crippen LogP contribution in [0.25, 0.3) is 0 Å². The van der Waals surface area contributed by atoms with Crippen molar-refractivity contribution in [3.63, 3.8) is 0 Å². The van der Waals surface area contributed by atoms with E-state index in [0.717, 1.165) is 22.2 Å². The van der Waals surface area contributed by atoms with Gasteiger partial charge in [-0.2, -0.15) is 13.2 Å². The van der Waals surface area contributed by atoms with E-state index in [9.17, 15) is 13.2 Å². The summed E-state index contributed by atoms with van der Waals surface area (Å²) in [4.78, 5) is 1.47. The summed E-state index contributed by atoms with van der Waals surface area (Å²) in [5.41, 5.74) is 0. The summed E-state index contributed by atoms with van der Waals surface area (Å²) in [6, 6.07) is 7.78. The molecule has 0 amide bonds. The van der Waals surface area contributed by atoms with E-state index in [4.69, 9.17) is 4.74 Å². The van der Waals surface area contributed by atoms with Gasteiger partial charge in [-0.15, -0.1) is 12.4 Å². The standard InChI is InChI=1S/C14H17F3INO.ClH/c15-14(16,17)10-19-7-5-11(6-8-19)9-20-13-3-1-12(18)2-4-13;/h1-4,11H,5-10H2;1H. The highest BCUT2D eigenvalue weighted by Crippen LogP contribution is 2.23. The molecule has 0 radical (unpaired) electrons. The SMILES string of the molecule is Cl.FC(F)(F)CN1CCC(COc2ccc(I)cc2)CC1. The normalized spacial score (nSPS) is 17.3. The summed E-state index contributed by atoms with van der Waals surface area (Å²) in [5, 5.41) is 0. The number of alkyl halides is 3. The van der Waals surface area contributed by atoms with Crippen LogP contribution in [0.2, 0.25) is 0 Å². The minimum Gasteiger partial charge on any atom is -0.493 e. The zero-order valence-corrected chi connectivity index (χ0v) is 14.4. The molecule has 21 heavy (non-hydrogen) atoms. The lowest BCUT2D eigenvalue weighted by Crippen LogP contribution is -2.41. The highest BCUT2D eigenvalue weighted by Gasteiger charge is 2.32. The molecule has 1 aromatic rings. The fourth-order valence-electron chi connectivity index (χ4n) is 2.31. The quantitative estimate of drug-likeness (QED) is 0.652. The molecule has 0 spiro atoms. The third-order valence-corrected chi connectivity index (χ3v) is 4.13. The van der Waals surface area contributed by atoms with Crippen LogP contribution in [-0.2, 0) is 0 Å². The molecule has 2 nitrogen and oxygen atoms in total. The first-order chi connectivity index (χ1) is 9.42. The number of hydrogen-bond donors (Lipinski definition) is 0. The van der Waals surface area contributed by atoms with Crippen LogP contribution in [0.1, 0.15) is 12.8 Å². The average Bonchev–Trinajstić information content (AvgIpc) is 2.38. The van der Waals surface area contributed by atoms with Gasteiger partial charge in [0.05, 0.1) is 13.2 Å². The molecule has 2 rings (SSSR count). The molecular formula is C14H18ClF3INO. The van der Waals surface area contributed by atoms with Crippen molar-refractivity contribution in [3.8, 4) is 5.75 Å². The van der Waals surface area contributed by atoms with Crippen LogP contribution >= 0.6 is 35.0 Å². The highest BCUT2D eigenvalue weighted by atomic mass is 127. The Labute approximate surface area is 142 Å². The zero-order valence-electron chi connectivity index (χ0n) is 11.4. The maximum absolute atomic E-state index is 12.3. The number of benzene rings is 1. The number of ether oxygens (including phenoxy) is 1. The molecule has 0 aliphatic carbocycles. The summed E-state index contributed by atoms with van der Waals surface area (Å²) in [6.45, 7) is 0.790. The van der Waals surface area contributed by atoms with E-state index in [-0.39, 0.29) is 12.4 Å². The Balaban J connectivity index is 0.00000220. The summed E-state index contributed by atoms with van der Waals surface area (Å²) in [5.74, 6) is 1.17. The number of piperidine rings is 1. The molecule has 0 atom stereocenters. The van der Waals surface area contributed by atoms with Gasteiger partial charge in [0, 0.05) is 3.57 Å². The van der Waals surface area contributed by atoms with Crippen LogP contribution in [0.5, 0.6) is 5.75 Å². The fourth-order valence-corrected chi connectivity index (χ4v) is 2.67. The Kier molecular flexibility index (Phi) is 7.56. The van der Waals surface area contributed by atoms with Gasteiger partial charge in [-0.25, -0.2) is 0 Å². The molecule has 1 fully saturated rings. The van der Waals surface area contributed by atoms with E-state index in [0.29, 0.717) is 25.6 Å². The van der Waals surface area contributed by atoms with Crippen molar-refractivity contribution in [2.75, 3.05) is 26.2 Å². The summed E-state index contributed by atoms with van der Waals surface area (Å²) >= 11 is 2.23. The molecule has 0 bridgehead atoms. The molecule has 0 aromatic heterocycles. The van der Waals surface area contributed by atoms with Crippen LogP contribution in [0.4, 0.5) is 13.2 Å². The Hall–Kier alpha value is -0.210. The molecule has 1 heterocycles. The lowest BCUT2D eigenvalue weighted by molar-refractivity contribution is -0.148. The lowest BCUT2D eigenvalue weighted by Gasteiger charge is -2.32. The highest BCUT2D eigenvalue weighted by molar-refractivity contribution is 14.1. The Morgan fingerprint density at radius 3 is 2.24 bits per heavy atom. The number of halogens is 5. The molecule has 120 valence electrons. The summed E-state index contributed by atoms with van der Waals surface area (Å²) in [7, 11) is 0. The van der Waals surface area contributed by atoms with Gasteiger partial charge >= 0.3 is 6.18 Å². The second-order valence-corrected chi connectivity index (χ2v) is 6.35. The second-order valence-electron chi connectivity index (χ2n) is 5.10. The first-order valence-corrected chi connectivity index (χ1v) is 7.68. The zero-order chi connectivity index (χ0) is 14.6. The van der Waals surface area contributed by atoms with Crippen molar-refractivity contribution in [1.29, 1.82) is 0 Å². The van der Waals surface area contributed by atoms with Crippen LogP contribution < -0.4 is 4.74 Å². The predicted molar refractivity (Wildman–Crippen MR) is 87.1 cm³/mol. The van der Waals surface area contributed by atoms with Crippen molar-refractivity contribution in [2.24, 2.45) is 5.92 Å². The van der Waals surface area contributed by atoms with Crippen molar-refractivity contribution in [2.45, 2.75) is 19.0 Å². The van der Waals surface area contributed by atoms with Gasteiger partial charge in [0.15, 0.2) is 0 Å². The van der Waals surface area contributed by atoms with E-state index in [1.54, 1.807) is 0 Å². The van der Waals surface area contributed by atoms with Gasteiger partial charge in [0.25, 0.3) is 0 Å². The smallest absolute Gasteiger partial charge is 0.401 e. The fraction of sp³-hybridized carbons (Fsp3) is 0.571. The number of nitrogens with zero attached hydrogens (tertiary/aromatic N) is 1. The Bertz CT molecular complexity index is 419. The first-order valence-electron chi connectivity index (χ1n) is 6.60. The molecule has 1 saturated heterocycles. The molecule has 0 saturated carbocycles. The lowest BCUT2D eigenvalue weighted by atomic mass is 9.98. The average molecular weight is 436 g/mol. The van der Waals surface area contributed by atoms with Gasteiger partial charge in [-0.05, 0) is 78.7 Å². The molecule has 0 unspecified atom stereocenters. The number of hydrogen-bond acceptors (Lipinski definition) is 2. The molecule has 1 aliphatic heterocycles. The molecule has 1 aromatic carbocycles. The minimum atomic E-state index is -4.09. The van der Waals surface area contributed by atoms with Gasteiger partial charge < -0.3 is 4.74 Å². The van der Waals surface area contributed by atoms with Crippen LogP contribution in [0.3, 0.4) is 0 Å². The van der Waals surface area contributed by atoms with Gasteiger partial charge in [-0.3, -0.25) is 4.90 Å². The molecule has 7 heteroatoms. The summed E-state index contributed by atoms with van der Waals surface area (Å²) < 4.78 is 43.7. The van der Waals surface area contributed by atoms with Crippen LogP contribution in [0.15, 0.2) is 24.3 Å². The van der Waals surface area contributed by atoms with E-state index in [1.165, 1.54) is 4.90 Å². The van der Waals surface area contributed by atoms with E-state index in [2.05, 4.69) is 22.6 Å². The van der Waals surface area contributed by atoms with E-state index in [1.807, 2.05) is 24.3 Å². The van der Waals surface area contributed by atoms with Crippen molar-refractivity contribution in [1.82, 2.24) is 4.90 Å².